The largest absolute Gasteiger partial charge is 0.489 e. The van der Waals surface area contributed by atoms with Crippen molar-refractivity contribution in [3.8, 4) is 5.75 Å². The van der Waals surface area contributed by atoms with E-state index in [0.29, 0.717) is 18.7 Å². The fraction of sp³-hybridized carbons (Fsp3) is 0.150. The molecule has 2 nitrogen and oxygen atoms in total. The van der Waals surface area contributed by atoms with Gasteiger partial charge in [-0.2, -0.15) is 0 Å². The fourth-order valence-corrected chi connectivity index (χ4v) is 2.49. The van der Waals surface area contributed by atoms with Crippen LogP contribution in [0.4, 0.5) is 4.48 Å². The van der Waals surface area contributed by atoms with Crippen molar-refractivity contribution in [1.82, 2.24) is 0 Å². The van der Waals surface area contributed by atoms with Crippen LogP contribution >= 0.6 is 0 Å². The monoisotopic (exact) mass is 307 g/mol. The van der Waals surface area contributed by atoms with Crippen LogP contribution < -0.4 is 4.74 Å². The first-order valence-corrected chi connectivity index (χ1v) is 7.66. The van der Waals surface area contributed by atoms with E-state index in [2.05, 4.69) is 5.21 Å². The van der Waals surface area contributed by atoms with Crippen LogP contribution in [0.2, 0.25) is 0 Å². The number of rotatable bonds is 4. The Bertz CT molecular complexity index is 730. The van der Waals surface area contributed by atoms with E-state index in [1.807, 2.05) is 72.8 Å². The highest BCUT2D eigenvalue weighted by Gasteiger charge is 2.09. The summed E-state index contributed by atoms with van der Waals surface area (Å²) in [6.07, 6.45) is 7.23. The summed E-state index contributed by atoms with van der Waals surface area (Å²) in [5.41, 5.74) is 3.59. The number of hydrogen-bond acceptors (Lipinski definition) is 2. The van der Waals surface area contributed by atoms with Crippen molar-refractivity contribution in [3.63, 3.8) is 0 Å². The molecule has 2 aromatic rings. The molecule has 0 heterocycles. The van der Waals surface area contributed by atoms with Gasteiger partial charge in [-0.3, -0.25) is 0 Å². The lowest BCUT2D eigenvalue weighted by Crippen LogP contribution is -2.04. The normalized spacial score (nSPS) is 17.6. The Morgan fingerprint density at radius 2 is 1.70 bits per heavy atom. The van der Waals surface area contributed by atoms with Crippen molar-refractivity contribution in [2.45, 2.75) is 19.4 Å². The zero-order valence-corrected chi connectivity index (χ0v) is 12.8. The van der Waals surface area contributed by atoms with Gasteiger partial charge in [0.15, 0.2) is 0 Å². The van der Waals surface area contributed by atoms with Crippen LogP contribution in [-0.2, 0) is 6.61 Å². The molecule has 0 unspecified atom stereocenters. The number of hydrogen-bond donors (Lipinski definition) is 0. The maximum atomic E-state index is 12.7. The van der Waals surface area contributed by atoms with Crippen LogP contribution in [-0.4, -0.2) is 5.71 Å². The second-order valence-electron chi connectivity index (χ2n) is 5.42. The fourth-order valence-electron chi connectivity index (χ4n) is 2.49. The molecule has 0 fully saturated rings. The van der Waals surface area contributed by atoms with E-state index in [0.717, 1.165) is 28.9 Å². The van der Waals surface area contributed by atoms with Crippen LogP contribution in [0.1, 0.15) is 24.0 Å². The molecule has 0 aliphatic heterocycles. The highest BCUT2D eigenvalue weighted by Crippen LogP contribution is 2.21. The van der Waals surface area contributed by atoms with Gasteiger partial charge in [-0.25, -0.2) is 0 Å². The standard InChI is InChI=1S/C20H18FNO/c21-22-20-9-5-4-8-18(20)14-16-10-12-19(13-11-16)23-15-17-6-2-1-3-7-17/h1-7,10-14H,8-9,15H2. The van der Waals surface area contributed by atoms with Gasteiger partial charge in [-0.1, -0.05) is 64.3 Å². The van der Waals surface area contributed by atoms with Gasteiger partial charge in [0.25, 0.3) is 0 Å². The van der Waals surface area contributed by atoms with Gasteiger partial charge in [0.2, 0.25) is 0 Å². The number of nitrogens with zero attached hydrogens (tertiary/aromatic N) is 1. The number of benzene rings is 2. The Morgan fingerprint density at radius 1 is 0.957 bits per heavy atom. The zero-order chi connectivity index (χ0) is 15.9. The first-order chi connectivity index (χ1) is 11.3. The highest BCUT2D eigenvalue weighted by molar-refractivity contribution is 6.05. The quantitative estimate of drug-likeness (QED) is 0.700. The molecule has 0 aromatic heterocycles. The molecule has 0 spiro atoms. The average molecular weight is 307 g/mol. The maximum absolute atomic E-state index is 12.7. The molecular formula is C20H18FNO. The predicted octanol–water partition coefficient (Wildman–Crippen LogP) is 5.32. The minimum atomic E-state index is 0.511. The Balaban J connectivity index is 1.66. The van der Waals surface area contributed by atoms with Crippen molar-refractivity contribution in [2.24, 2.45) is 5.21 Å². The lowest BCUT2D eigenvalue weighted by Gasteiger charge is -2.10. The van der Waals surface area contributed by atoms with Gasteiger partial charge in [-0.05, 0) is 41.3 Å². The molecule has 0 amide bonds. The molecule has 0 atom stereocenters. The smallest absolute Gasteiger partial charge is 0.119 e. The van der Waals surface area contributed by atoms with E-state index in [9.17, 15) is 4.48 Å². The number of allylic oxidation sites excluding steroid dienone is 3. The molecule has 0 N–H and O–H groups in total. The summed E-state index contributed by atoms with van der Waals surface area (Å²) >= 11 is 0. The van der Waals surface area contributed by atoms with Crippen molar-refractivity contribution >= 4 is 11.8 Å². The molecule has 0 saturated heterocycles. The number of ether oxygens (including phenoxy) is 1. The Hall–Kier alpha value is -2.68. The average Bonchev–Trinajstić information content (AvgIpc) is 2.62. The third-order valence-corrected chi connectivity index (χ3v) is 3.76. The van der Waals surface area contributed by atoms with Gasteiger partial charge in [-0.15, -0.1) is 0 Å². The van der Waals surface area contributed by atoms with Crippen molar-refractivity contribution in [1.29, 1.82) is 0 Å². The summed E-state index contributed by atoms with van der Waals surface area (Å²) in [6.45, 7) is 0.546. The van der Waals surface area contributed by atoms with E-state index in [-0.39, 0.29) is 0 Å². The number of halogens is 1. The molecular weight excluding hydrogens is 289 g/mol. The summed E-state index contributed by atoms with van der Waals surface area (Å²) in [6, 6.07) is 17.9. The topological polar surface area (TPSA) is 21.6 Å². The van der Waals surface area contributed by atoms with E-state index in [1.54, 1.807) is 0 Å². The molecule has 116 valence electrons. The van der Waals surface area contributed by atoms with Crippen LogP contribution in [0, 0.1) is 0 Å². The van der Waals surface area contributed by atoms with E-state index >= 15 is 0 Å². The predicted molar refractivity (Wildman–Crippen MR) is 92.1 cm³/mol. The summed E-state index contributed by atoms with van der Waals surface area (Å²) < 4.78 is 18.4. The minimum absolute atomic E-state index is 0.511. The van der Waals surface area contributed by atoms with Crippen LogP contribution in [0.3, 0.4) is 0 Å². The van der Waals surface area contributed by atoms with Crippen molar-refractivity contribution < 1.29 is 9.22 Å². The van der Waals surface area contributed by atoms with Gasteiger partial charge in [0.05, 0.1) is 5.71 Å². The molecule has 3 rings (SSSR count). The molecule has 23 heavy (non-hydrogen) atoms. The minimum Gasteiger partial charge on any atom is -0.489 e. The van der Waals surface area contributed by atoms with E-state index < -0.39 is 0 Å². The second kappa shape index (κ2) is 7.54. The maximum Gasteiger partial charge on any atom is 0.119 e. The van der Waals surface area contributed by atoms with Gasteiger partial charge in [0, 0.05) is 6.42 Å². The second-order valence-corrected chi connectivity index (χ2v) is 5.42. The summed E-state index contributed by atoms with van der Waals surface area (Å²) in [7, 11) is 0. The van der Waals surface area contributed by atoms with Crippen LogP contribution in [0.15, 0.2) is 77.5 Å². The van der Waals surface area contributed by atoms with E-state index in [1.165, 1.54) is 0 Å². The lowest BCUT2D eigenvalue weighted by molar-refractivity contribution is 0.306. The van der Waals surface area contributed by atoms with Crippen molar-refractivity contribution in [3.05, 3.63) is 83.4 Å². The van der Waals surface area contributed by atoms with Gasteiger partial charge in [0.1, 0.15) is 12.4 Å². The summed E-state index contributed by atoms with van der Waals surface area (Å²) in [5, 5.41) is 2.88. The third kappa shape index (κ3) is 4.16. The SMILES string of the molecule is FN=C1CC=CCC1=Cc1ccc(OCc2ccccc2)cc1. The van der Waals surface area contributed by atoms with E-state index in [4.69, 9.17) is 4.74 Å². The highest BCUT2D eigenvalue weighted by atomic mass is 19.2. The lowest BCUT2D eigenvalue weighted by atomic mass is 9.96. The van der Waals surface area contributed by atoms with Gasteiger partial charge >= 0.3 is 0 Å². The Labute approximate surface area is 135 Å². The molecule has 0 saturated carbocycles. The third-order valence-electron chi connectivity index (χ3n) is 3.76. The van der Waals surface area contributed by atoms with Crippen LogP contribution in [0.25, 0.3) is 6.08 Å². The zero-order valence-electron chi connectivity index (χ0n) is 12.8. The molecule has 1 aliphatic rings. The van der Waals surface area contributed by atoms with Crippen molar-refractivity contribution in [2.75, 3.05) is 0 Å². The Kier molecular flexibility index (Phi) is 4.99. The first-order valence-electron chi connectivity index (χ1n) is 7.66. The molecule has 0 bridgehead atoms. The van der Waals surface area contributed by atoms with Crippen LogP contribution in [0.5, 0.6) is 5.75 Å². The summed E-state index contributed by atoms with van der Waals surface area (Å²) in [4.78, 5) is 0. The molecule has 1 aliphatic carbocycles. The first kappa shape index (κ1) is 15.2. The Morgan fingerprint density at radius 3 is 2.43 bits per heavy atom. The summed E-state index contributed by atoms with van der Waals surface area (Å²) in [5.74, 6) is 0.818. The molecule has 3 heteroatoms. The molecule has 0 radical (unpaired) electrons. The molecule has 2 aromatic carbocycles. The van der Waals surface area contributed by atoms with Gasteiger partial charge < -0.3 is 4.74 Å².